The van der Waals surface area contributed by atoms with Crippen LogP contribution in [0.15, 0.2) is 16.6 Å². The van der Waals surface area contributed by atoms with Crippen molar-refractivity contribution in [1.29, 1.82) is 0 Å². The summed E-state index contributed by atoms with van der Waals surface area (Å²) in [7, 11) is 0. The lowest BCUT2D eigenvalue weighted by molar-refractivity contribution is 0.608. The van der Waals surface area contributed by atoms with Crippen molar-refractivity contribution in [3.63, 3.8) is 0 Å². The van der Waals surface area contributed by atoms with Crippen LogP contribution in [0.3, 0.4) is 0 Å². The van der Waals surface area contributed by atoms with E-state index in [1.807, 2.05) is 0 Å². The smallest absolute Gasteiger partial charge is 0.129 e. The van der Waals surface area contributed by atoms with Gasteiger partial charge < -0.3 is 5.73 Å². The maximum absolute atomic E-state index is 13.1. The molecule has 0 heterocycles. The van der Waals surface area contributed by atoms with Gasteiger partial charge in [-0.3, -0.25) is 0 Å². The molecule has 4 heteroatoms. The number of halogens is 3. The van der Waals surface area contributed by atoms with Crippen LogP contribution >= 0.6 is 27.5 Å². The van der Waals surface area contributed by atoms with E-state index in [1.54, 1.807) is 6.07 Å². The van der Waals surface area contributed by atoms with Gasteiger partial charge in [0, 0.05) is 15.1 Å². The van der Waals surface area contributed by atoms with Crippen LogP contribution in [0, 0.1) is 5.82 Å². The molecule has 12 heavy (non-hydrogen) atoms. The fraction of sp³-hybridized carbons (Fsp3) is 0.250. The third-order valence-electron chi connectivity index (χ3n) is 1.50. The molecule has 0 bridgehead atoms. The van der Waals surface area contributed by atoms with E-state index >= 15 is 0 Å². The van der Waals surface area contributed by atoms with Crippen molar-refractivity contribution >= 4 is 27.5 Å². The Kier molecular flexibility index (Phi) is 3.50. The molecule has 1 rings (SSSR count). The lowest BCUT2D eigenvalue weighted by Crippen LogP contribution is -2.05. The first-order chi connectivity index (χ1) is 5.65. The van der Waals surface area contributed by atoms with Gasteiger partial charge in [0.1, 0.15) is 5.82 Å². The third-order valence-corrected chi connectivity index (χ3v) is 2.43. The van der Waals surface area contributed by atoms with E-state index in [2.05, 4.69) is 15.9 Å². The fourth-order valence-corrected chi connectivity index (χ4v) is 1.93. The Morgan fingerprint density at radius 3 is 2.67 bits per heavy atom. The summed E-state index contributed by atoms with van der Waals surface area (Å²) in [6.45, 7) is 0.428. The summed E-state index contributed by atoms with van der Waals surface area (Å²) in [5, 5.41) is 0.389. The highest BCUT2D eigenvalue weighted by molar-refractivity contribution is 9.10. The number of nitrogens with two attached hydrogens (primary N) is 1. The Morgan fingerprint density at radius 2 is 2.17 bits per heavy atom. The Hall–Kier alpha value is -0.120. The molecule has 0 fully saturated rings. The summed E-state index contributed by atoms with van der Waals surface area (Å²) in [5.41, 5.74) is 5.90. The first-order valence-corrected chi connectivity index (χ1v) is 4.65. The zero-order valence-electron chi connectivity index (χ0n) is 6.28. The molecule has 0 spiro atoms. The minimum absolute atomic E-state index is 0.306. The van der Waals surface area contributed by atoms with Gasteiger partial charge >= 0.3 is 0 Å². The lowest BCUT2D eigenvalue weighted by Gasteiger charge is -2.04. The summed E-state index contributed by atoms with van der Waals surface area (Å²) < 4.78 is 13.8. The van der Waals surface area contributed by atoms with E-state index in [0.29, 0.717) is 28.0 Å². The number of hydrogen-bond donors (Lipinski definition) is 1. The Bertz CT molecular complexity index is 267. The van der Waals surface area contributed by atoms with Crippen molar-refractivity contribution in [2.75, 3.05) is 6.54 Å². The molecule has 0 aliphatic heterocycles. The highest BCUT2D eigenvalue weighted by Gasteiger charge is 2.06. The predicted molar refractivity (Wildman–Crippen MR) is 51.9 cm³/mol. The molecule has 1 nitrogen and oxygen atoms in total. The monoisotopic (exact) mass is 251 g/mol. The van der Waals surface area contributed by atoms with Crippen LogP contribution in [-0.4, -0.2) is 6.54 Å². The van der Waals surface area contributed by atoms with Gasteiger partial charge in [-0.05, 0) is 25.1 Å². The second kappa shape index (κ2) is 4.21. The zero-order chi connectivity index (χ0) is 9.14. The molecular weight excluding hydrogens is 244 g/mol. The van der Waals surface area contributed by atoms with Crippen LogP contribution in [0.1, 0.15) is 5.56 Å². The molecule has 1 aromatic carbocycles. The summed E-state index contributed by atoms with van der Waals surface area (Å²) in [5.74, 6) is -0.306. The second-order valence-electron chi connectivity index (χ2n) is 2.39. The maximum Gasteiger partial charge on any atom is 0.129 e. The molecule has 0 unspecified atom stereocenters. The summed E-state index contributed by atoms with van der Waals surface area (Å²) in [6, 6.07) is 2.95. The molecule has 0 saturated heterocycles. The molecule has 66 valence electrons. The summed E-state index contributed by atoms with van der Waals surface area (Å²) in [4.78, 5) is 0. The predicted octanol–water partition coefficient (Wildman–Crippen LogP) is 2.74. The summed E-state index contributed by atoms with van der Waals surface area (Å²) >= 11 is 8.84. The van der Waals surface area contributed by atoms with Gasteiger partial charge in [-0.2, -0.15) is 0 Å². The van der Waals surface area contributed by atoms with Crippen LogP contribution < -0.4 is 5.73 Å². The zero-order valence-corrected chi connectivity index (χ0v) is 8.62. The first-order valence-electron chi connectivity index (χ1n) is 3.48. The quantitative estimate of drug-likeness (QED) is 0.860. The van der Waals surface area contributed by atoms with E-state index in [1.165, 1.54) is 6.07 Å². The van der Waals surface area contributed by atoms with Crippen molar-refractivity contribution in [3.8, 4) is 0 Å². The molecule has 0 saturated carbocycles. The van der Waals surface area contributed by atoms with Crippen LogP contribution in [0.4, 0.5) is 4.39 Å². The van der Waals surface area contributed by atoms with Gasteiger partial charge in [0.25, 0.3) is 0 Å². The molecule has 0 atom stereocenters. The van der Waals surface area contributed by atoms with Crippen molar-refractivity contribution in [2.45, 2.75) is 6.42 Å². The first kappa shape index (κ1) is 9.96. The second-order valence-corrected chi connectivity index (χ2v) is 3.68. The van der Waals surface area contributed by atoms with Gasteiger partial charge in [-0.1, -0.05) is 27.5 Å². The molecule has 1 aromatic rings. The van der Waals surface area contributed by atoms with Crippen LogP contribution in [-0.2, 0) is 6.42 Å². The van der Waals surface area contributed by atoms with Crippen LogP contribution in [0.25, 0.3) is 0 Å². The number of benzene rings is 1. The van der Waals surface area contributed by atoms with Gasteiger partial charge in [-0.25, -0.2) is 4.39 Å². The molecular formula is C8H8BrClFN. The van der Waals surface area contributed by atoms with Crippen molar-refractivity contribution in [2.24, 2.45) is 5.73 Å². The van der Waals surface area contributed by atoms with E-state index in [-0.39, 0.29) is 5.82 Å². The van der Waals surface area contributed by atoms with Gasteiger partial charge in [0.2, 0.25) is 0 Å². The van der Waals surface area contributed by atoms with E-state index in [9.17, 15) is 4.39 Å². The largest absolute Gasteiger partial charge is 0.330 e. The van der Waals surface area contributed by atoms with Crippen molar-refractivity contribution in [3.05, 3.63) is 33.0 Å². The number of hydrogen-bond acceptors (Lipinski definition) is 1. The van der Waals surface area contributed by atoms with Gasteiger partial charge in [-0.15, -0.1) is 0 Å². The SMILES string of the molecule is NCCc1c(F)cc(Cl)cc1Br. The minimum atomic E-state index is -0.306. The summed E-state index contributed by atoms with van der Waals surface area (Å²) in [6.07, 6.45) is 0.517. The van der Waals surface area contributed by atoms with Gasteiger partial charge in [0.05, 0.1) is 0 Å². The molecule has 0 aliphatic rings. The van der Waals surface area contributed by atoms with Crippen LogP contribution in [0.2, 0.25) is 5.02 Å². The minimum Gasteiger partial charge on any atom is -0.330 e. The third kappa shape index (κ3) is 2.19. The average molecular weight is 253 g/mol. The Morgan fingerprint density at radius 1 is 1.50 bits per heavy atom. The standard InChI is InChI=1S/C8H8BrClFN/c9-7-3-5(10)4-8(11)6(7)1-2-12/h3-4H,1-2,12H2. The van der Waals surface area contributed by atoms with Crippen LogP contribution in [0.5, 0.6) is 0 Å². The number of rotatable bonds is 2. The van der Waals surface area contributed by atoms with E-state index < -0.39 is 0 Å². The lowest BCUT2D eigenvalue weighted by atomic mass is 10.1. The molecule has 0 amide bonds. The Balaban J connectivity index is 3.10. The normalized spacial score (nSPS) is 10.3. The molecule has 2 N–H and O–H groups in total. The van der Waals surface area contributed by atoms with Crippen molar-refractivity contribution < 1.29 is 4.39 Å². The molecule has 0 radical (unpaired) electrons. The van der Waals surface area contributed by atoms with E-state index in [0.717, 1.165) is 0 Å². The topological polar surface area (TPSA) is 26.0 Å². The fourth-order valence-electron chi connectivity index (χ4n) is 0.955. The Labute approximate surface area is 83.8 Å². The highest BCUT2D eigenvalue weighted by Crippen LogP contribution is 2.24. The van der Waals surface area contributed by atoms with Gasteiger partial charge in [0.15, 0.2) is 0 Å². The van der Waals surface area contributed by atoms with Crippen molar-refractivity contribution in [1.82, 2.24) is 0 Å². The maximum atomic E-state index is 13.1. The molecule has 0 aliphatic carbocycles. The molecule has 0 aromatic heterocycles. The van der Waals surface area contributed by atoms with E-state index in [4.69, 9.17) is 17.3 Å². The highest BCUT2D eigenvalue weighted by atomic mass is 79.9. The average Bonchev–Trinajstić information content (AvgIpc) is 1.96.